The molecule has 0 radical (unpaired) electrons. The van der Waals surface area contributed by atoms with Crippen LogP contribution in [0.3, 0.4) is 0 Å². The highest BCUT2D eigenvalue weighted by Crippen LogP contribution is 2.24. The first-order chi connectivity index (χ1) is 10.4. The van der Waals surface area contributed by atoms with E-state index in [9.17, 15) is 14.4 Å². The molecule has 0 aliphatic rings. The molecule has 2 aromatic heterocycles. The van der Waals surface area contributed by atoms with Crippen molar-refractivity contribution in [3.8, 4) is 0 Å². The molecule has 0 saturated carbocycles. The molecule has 22 heavy (non-hydrogen) atoms. The number of hydrogen-bond donors (Lipinski definition) is 3. The lowest BCUT2D eigenvalue weighted by Gasteiger charge is -2.08. The zero-order valence-corrected chi connectivity index (χ0v) is 13.7. The predicted molar refractivity (Wildman–Crippen MR) is 83.4 cm³/mol. The number of rotatable bonds is 5. The summed E-state index contributed by atoms with van der Waals surface area (Å²) in [6.45, 7) is 5.59. The monoisotopic (exact) mass is 342 g/mol. The standard InChI is InChI=1S/C11H14N6O3S2/c1-4(2)8-14-17-11(22-8)13-6(18)5(3)21-9-7(19)12-10(20)16-15-9/h4-5H,1-3H3,(H,13,17,18)(H2,12,16,19,20). The summed E-state index contributed by atoms with van der Waals surface area (Å²) in [6, 6.07) is 0. The normalized spacial score (nSPS) is 12.4. The summed E-state index contributed by atoms with van der Waals surface area (Å²) >= 11 is 2.24. The number of aromatic nitrogens is 5. The van der Waals surface area contributed by atoms with Gasteiger partial charge in [0.2, 0.25) is 11.0 Å². The quantitative estimate of drug-likeness (QED) is 0.676. The van der Waals surface area contributed by atoms with Crippen molar-refractivity contribution in [2.24, 2.45) is 0 Å². The first-order valence-corrected chi connectivity index (χ1v) is 8.06. The smallest absolute Gasteiger partial charge is 0.300 e. The lowest BCUT2D eigenvalue weighted by atomic mass is 10.2. The highest BCUT2D eigenvalue weighted by Gasteiger charge is 2.19. The molecule has 2 rings (SSSR count). The van der Waals surface area contributed by atoms with Crippen molar-refractivity contribution < 1.29 is 4.79 Å². The maximum atomic E-state index is 12.1. The second kappa shape index (κ2) is 6.83. The van der Waals surface area contributed by atoms with Crippen LogP contribution < -0.4 is 16.6 Å². The molecule has 9 nitrogen and oxygen atoms in total. The van der Waals surface area contributed by atoms with Crippen molar-refractivity contribution in [1.29, 1.82) is 0 Å². The lowest BCUT2D eigenvalue weighted by Crippen LogP contribution is -2.28. The SMILES string of the molecule is CC(Sc1n[nH]c(=O)[nH]c1=O)C(=O)Nc1nnc(C(C)C)s1. The van der Waals surface area contributed by atoms with Gasteiger partial charge in [0.05, 0.1) is 5.25 Å². The molecule has 0 spiro atoms. The molecule has 11 heteroatoms. The van der Waals surface area contributed by atoms with E-state index >= 15 is 0 Å². The molecular formula is C11H14N6O3S2. The minimum atomic E-state index is -0.693. The second-order valence-corrected chi connectivity index (χ2v) is 7.00. The molecule has 0 fully saturated rings. The third-order valence-electron chi connectivity index (χ3n) is 2.50. The van der Waals surface area contributed by atoms with Gasteiger partial charge in [-0.15, -0.1) is 10.2 Å². The number of anilines is 1. The van der Waals surface area contributed by atoms with Gasteiger partial charge in [-0.25, -0.2) is 9.89 Å². The highest BCUT2D eigenvalue weighted by atomic mass is 32.2. The molecule has 0 aromatic carbocycles. The number of H-pyrrole nitrogens is 2. The van der Waals surface area contributed by atoms with E-state index in [2.05, 4.69) is 25.7 Å². The van der Waals surface area contributed by atoms with E-state index < -0.39 is 16.5 Å². The van der Waals surface area contributed by atoms with Crippen molar-refractivity contribution in [2.75, 3.05) is 5.32 Å². The van der Waals surface area contributed by atoms with E-state index in [0.717, 1.165) is 16.8 Å². The number of nitrogens with zero attached hydrogens (tertiary/aromatic N) is 3. The van der Waals surface area contributed by atoms with Gasteiger partial charge in [-0.05, 0) is 6.92 Å². The van der Waals surface area contributed by atoms with Crippen molar-refractivity contribution in [3.05, 3.63) is 25.8 Å². The summed E-state index contributed by atoms with van der Waals surface area (Å²) in [5, 5.41) is 16.9. The molecule has 1 atom stereocenters. The fourth-order valence-electron chi connectivity index (χ4n) is 1.36. The van der Waals surface area contributed by atoms with Crippen LogP contribution in [0.15, 0.2) is 14.6 Å². The molecule has 118 valence electrons. The minimum absolute atomic E-state index is 0.0161. The van der Waals surface area contributed by atoms with Crippen LogP contribution in [0.5, 0.6) is 0 Å². The number of carbonyl (C=O) groups excluding carboxylic acids is 1. The molecule has 0 bridgehead atoms. The third kappa shape index (κ3) is 4.01. The first-order valence-electron chi connectivity index (χ1n) is 6.36. The molecule has 0 aliphatic heterocycles. The Morgan fingerprint density at radius 3 is 2.59 bits per heavy atom. The number of thioether (sulfide) groups is 1. The largest absolute Gasteiger partial charge is 0.342 e. The molecule has 2 aromatic rings. The van der Waals surface area contributed by atoms with Crippen LogP contribution in [0.1, 0.15) is 31.7 Å². The van der Waals surface area contributed by atoms with Crippen LogP contribution in [0.25, 0.3) is 0 Å². The topological polar surface area (TPSA) is 133 Å². The van der Waals surface area contributed by atoms with Gasteiger partial charge in [0, 0.05) is 5.92 Å². The number of aromatic amines is 2. The molecule has 0 saturated heterocycles. The lowest BCUT2D eigenvalue weighted by molar-refractivity contribution is -0.115. The van der Waals surface area contributed by atoms with Gasteiger partial charge in [0.15, 0.2) is 5.03 Å². The Balaban J connectivity index is 2.02. The zero-order chi connectivity index (χ0) is 16.3. The van der Waals surface area contributed by atoms with Gasteiger partial charge >= 0.3 is 5.69 Å². The Morgan fingerprint density at radius 2 is 2.00 bits per heavy atom. The minimum Gasteiger partial charge on any atom is -0.300 e. The van der Waals surface area contributed by atoms with Crippen molar-refractivity contribution in [2.45, 2.75) is 37.0 Å². The molecule has 1 unspecified atom stereocenters. The summed E-state index contributed by atoms with van der Waals surface area (Å²) < 4.78 is 0. The Hall–Kier alpha value is -2.01. The van der Waals surface area contributed by atoms with Crippen LogP contribution >= 0.6 is 23.1 Å². The van der Waals surface area contributed by atoms with Crippen LogP contribution in [-0.2, 0) is 4.79 Å². The number of amides is 1. The van der Waals surface area contributed by atoms with Crippen LogP contribution in [0.2, 0.25) is 0 Å². The van der Waals surface area contributed by atoms with Crippen molar-refractivity contribution in [1.82, 2.24) is 25.4 Å². The maximum Gasteiger partial charge on any atom is 0.342 e. The van der Waals surface area contributed by atoms with Crippen LogP contribution in [0, 0.1) is 0 Å². The van der Waals surface area contributed by atoms with Gasteiger partial charge in [-0.3, -0.25) is 19.9 Å². The van der Waals surface area contributed by atoms with Crippen LogP contribution in [-0.4, -0.2) is 36.5 Å². The maximum absolute atomic E-state index is 12.1. The molecule has 1 amide bonds. The summed E-state index contributed by atoms with van der Waals surface area (Å²) in [7, 11) is 0. The second-order valence-electron chi connectivity index (χ2n) is 4.66. The van der Waals surface area contributed by atoms with Gasteiger partial charge in [-0.1, -0.05) is 36.9 Å². The summed E-state index contributed by atoms with van der Waals surface area (Å²) in [6.07, 6.45) is 0. The Morgan fingerprint density at radius 1 is 1.27 bits per heavy atom. The summed E-state index contributed by atoms with van der Waals surface area (Å²) in [5.41, 5.74) is -1.33. The van der Waals surface area contributed by atoms with E-state index in [4.69, 9.17) is 0 Å². The third-order valence-corrected chi connectivity index (χ3v) is 4.71. The summed E-state index contributed by atoms with van der Waals surface area (Å²) in [5.74, 6) is -0.0947. The number of carbonyl (C=O) groups is 1. The highest BCUT2D eigenvalue weighted by molar-refractivity contribution is 8.00. The van der Waals surface area contributed by atoms with Gasteiger partial charge < -0.3 is 0 Å². The van der Waals surface area contributed by atoms with Gasteiger partial charge in [-0.2, -0.15) is 5.10 Å². The van der Waals surface area contributed by atoms with Crippen molar-refractivity contribution in [3.63, 3.8) is 0 Å². The Kier molecular flexibility index (Phi) is 5.08. The van der Waals surface area contributed by atoms with Crippen LogP contribution in [0.4, 0.5) is 5.13 Å². The van der Waals surface area contributed by atoms with Gasteiger partial charge in [0.1, 0.15) is 5.01 Å². The molecule has 3 N–H and O–H groups in total. The molecular weight excluding hydrogens is 328 g/mol. The van der Waals surface area contributed by atoms with Gasteiger partial charge in [0.25, 0.3) is 5.56 Å². The average Bonchev–Trinajstić information content (AvgIpc) is 2.90. The fraction of sp³-hybridized carbons (Fsp3) is 0.455. The van der Waals surface area contributed by atoms with Crippen molar-refractivity contribution >= 4 is 34.1 Å². The predicted octanol–water partition coefficient (Wildman–Crippen LogP) is 0.552. The zero-order valence-electron chi connectivity index (χ0n) is 12.0. The fourth-order valence-corrected chi connectivity index (χ4v) is 2.87. The Bertz CT molecular complexity index is 780. The average molecular weight is 342 g/mol. The van der Waals surface area contributed by atoms with E-state index in [0.29, 0.717) is 5.13 Å². The van der Waals surface area contributed by atoms with E-state index in [-0.39, 0.29) is 16.9 Å². The number of nitrogens with one attached hydrogen (secondary N) is 3. The first kappa shape index (κ1) is 16.4. The molecule has 0 aliphatic carbocycles. The Labute approximate surface area is 133 Å². The van der Waals surface area contributed by atoms with E-state index in [1.165, 1.54) is 11.3 Å². The van der Waals surface area contributed by atoms with E-state index in [1.54, 1.807) is 6.92 Å². The number of hydrogen-bond acceptors (Lipinski definition) is 8. The van der Waals surface area contributed by atoms with E-state index in [1.807, 2.05) is 18.8 Å². The summed E-state index contributed by atoms with van der Waals surface area (Å²) in [4.78, 5) is 36.5. The molecule has 2 heterocycles.